The van der Waals surface area contributed by atoms with Crippen LogP contribution in [0.3, 0.4) is 0 Å². The molecule has 1 aliphatic heterocycles. The Morgan fingerprint density at radius 2 is 2.47 bits per heavy atom. The van der Waals surface area contributed by atoms with E-state index in [1.54, 1.807) is 23.2 Å². The predicted molar refractivity (Wildman–Crippen MR) is 65.2 cm³/mol. The Balaban J connectivity index is 2.13. The predicted octanol–water partition coefficient (Wildman–Crippen LogP) is 1.99. The van der Waals surface area contributed by atoms with Crippen molar-refractivity contribution in [1.29, 1.82) is 0 Å². The fourth-order valence-corrected chi connectivity index (χ4v) is 2.02. The molecule has 5 heteroatoms. The fourth-order valence-electron chi connectivity index (χ4n) is 1.86. The van der Waals surface area contributed by atoms with Gasteiger partial charge in [0.2, 0.25) is 0 Å². The van der Waals surface area contributed by atoms with Crippen molar-refractivity contribution in [1.82, 2.24) is 9.88 Å². The molecule has 1 unspecified atom stereocenters. The zero-order valence-electron chi connectivity index (χ0n) is 9.73. The number of ether oxygens (including phenoxy) is 1. The molecule has 1 amide bonds. The Bertz CT molecular complexity index is 411. The molecule has 2 heterocycles. The summed E-state index contributed by atoms with van der Waals surface area (Å²) in [6, 6.07) is 3.26. The van der Waals surface area contributed by atoms with E-state index in [1.165, 1.54) is 0 Å². The Labute approximate surface area is 106 Å². The van der Waals surface area contributed by atoms with E-state index in [4.69, 9.17) is 16.3 Å². The second-order valence-electron chi connectivity index (χ2n) is 4.15. The zero-order valence-corrected chi connectivity index (χ0v) is 10.5. The van der Waals surface area contributed by atoms with Gasteiger partial charge < -0.3 is 9.64 Å². The quantitative estimate of drug-likeness (QED) is 0.770. The Morgan fingerprint density at radius 1 is 1.65 bits per heavy atom. The van der Waals surface area contributed by atoms with Gasteiger partial charge in [-0.15, -0.1) is 0 Å². The lowest BCUT2D eigenvalue weighted by molar-refractivity contribution is 0.0559. The number of carbonyl (C=O) groups excluding carboxylic acids is 1. The molecule has 0 aromatic carbocycles. The van der Waals surface area contributed by atoms with Gasteiger partial charge in [-0.05, 0) is 25.5 Å². The lowest BCUT2D eigenvalue weighted by Crippen LogP contribution is -2.36. The second-order valence-corrected chi connectivity index (χ2v) is 4.58. The number of hydrogen-bond donors (Lipinski definition) is 0. The van der Waals surface area contributed by atoms with Crippen LogP contribution in [0.5, 0.6) is 0 Å². The van der Waals surface area contributed by atoms with Crippen LogP contribution in [0.15, 0.2) is 18.3 Å². The van der Waals surface area contributed by atoms with E-state index in [-0.39, 0.29) is 12.0 Å². The number of rotatable bonds is 1. The molecule has 0 radical (unpaired) electrons. The van der Waals surface area contributed by atoms with Gasteiger partial charge in [0, 0.05) is 30.9 Å². The molecule has 1 aromatic rings. The van der Waals surface area contributed by atoms with Crippen molar-refractivity contribution in [3.05, 3.63) is 29.0 Å². The third-order valence-electron chi connectivity index (χ3n) is 2.68. The highest BCUT2D eigenvalue weighted by Crippen LogP contribution is 2.13. The molecule has 1 aromatic heterocycles. The van der Waals surface area contributed by atoms with Gasteiger partial charge in [0.25, 0.3) is 5.91 Å². The van der Waals surface area contributed by atoms with E-state index in [9.17, 15) is 4.79 Å². The maximum atomic E-state index is 12.2. The van der Waals surface area contributed by atoms with Gasteiger partial charge in [-0.25, -0.2) is 0 Å². The van der Waals surface area contributed by atoms with Crippen molar-refractivity contribution < 1.29 is 9.53 Å². The average molecular weight is 255 g/mol. The summed E-state index contributed by atoms with van der Waals surface area (Å²) < 4.78 is 5.50. The van der Waals surface area contributed by atoms with Crippen LogP contribution >= 0.6 is 11.6 Å². The first-order valence-electron chi connectivity index (χ1n) is 5.69. The third kappa shape index (κ3) is 3.17. The van der Waals surface area contributed by atoms with Crippen molar-refractivity contribution in [3.8, 4) is 0 Å². The number of pyridine rings is 1. The highest BCUT2D eigenvalue weighted by atomic mass is 35.5. The average Bonchev–Trinajstić information content (AvgIpc) is 2.53. The summed E-state index contributed by atoms with van der Waals surface area (Å²) in [7, 11) is 0. The van der Waals surface area contributed by atoms with Gasteiger partial charge in [-0.2, -0.15) is 0 Å². The topological polar surface area (TPSA) is 42.4 Å². The zero-order chi connectivity index (χ0) is 12.3. The van der Waals surface area contributed by atoms with E-state index in [2.05, 4.69) is 4.98 Å². The van der Waals surface area contributed by atoms with Crippen LogP contribution in [0, 0.1) is 0 Å². The standard InChI is InChI=1S/C12H15ClN2O2/c1-9-8-15(5-2-6-17-9)12(16)11-7-10(13)3-4-14-11/h3-4,7,9H,2,5-6,8H2,1H3. The molecule has 1 atom stereocenters. The number of amides is 1. The van der Waals surface area contributed by atoms with Crippen LogP contribution < -0.4 is 0 Å². The molecule has 0 bridgehead atoms. The van der Waals surface area contributed by atoms with Crippen molar-refractivity contribution in [2.24, 2.45) is 0 Å². The molecule has 1 fully saturated rings. The summed E-state index contributed by atoms with van der Waals surface area (Å²) in [5.74, 6) is -0.0788. The molecular weight excluding hydrogens is 240 g/mol. The van der Waals surface area contributed by atoms with Gasteiger partial charge in [0.1, 0.15) is 5.69 Å². The van der Waals surface area contributed by atoms with Gasteiger partial charge in [-0.3, -0.25) is 9.78 Å². The molecule has 1 saturated heterocycles. The highest BCUT2D eigenvalue weighted by Gasteiger charge is 2.21. The SMILES string of the molecule is CC1CN(C(=O)c2cc(Cl)ccn2)CCCO1. The summed E-state index contributed by atoms with van der Waals surface area (Å²) >= 11 is 5.85. The Kier molecular flexibility index (Phi) is 3.97. The molecule has 1 aliphatic rings. The van der Waals surface area contributed by atoms with Crippen LogP contribution in [0.2, 0.25) is 5.02 Å². The van der Waals surface area contributed by atoms with Crippen LogP contribution in [0.25, 0.3) is 0 Å². The largest absolute Gasteiger partial charge is 0.377 e. The van der Waals surface area contributed by atoms with Crippen molar-refractivity contribution in [2.75, 3.05) is 19.7 Å². The molecule has 92 valence electrons. The second kappa shape index (κ2) is 5.47. The highest BCUT2D eigenvalue weighted by molar-refractivity contribution is 6.30. The van der Waals surface area contributed by atoms with Crippen LogP contribution in [0.1, 0.15) is 23.8 Å². The smallest absolute Gasteiger partial charge is 0.272 e. The maximum absolute atomic E-state index is 12.2. The molecule has 0 aliphatic carbocycles. The molecule has 17 heavy (non-hydrogen) atoms. The lowest BCUT2D eigenvalue weighted by Gasteiger charge is -2.21. The van der Waals surface area contributed by atoms with E-state index >= 15 is 0 Å². The summed E-state index contributed by atoms with van der Waals surface area (Å²) in [6.45, 7) is 3.98. The van der Waals surface area contributed by atoms with Gasteiger partial charge in [0.15, 0.2) is 0 Å². The molecule has 0 spiro atoms. The van der Waals surface area contributed by atoms with Crippen LogP contribution in [-0.2, 0) is 4.74 Å². The third-order valence-corrected chi connectivity index (χ3v) is 2.92. The van der Waals surface area contributed by atoms with Gasteiger partial charge in [-0.1, -0.05) is 11.6 Å². The molecule has 4 nitrogen and oxygen atoms in total. The summed E-state index contributed by atoms with van der Waals surface area (Å²) in [5, 5.41) is 0.530. The number of carbonyl (C=O) groups is 1. The van der Waals surface area contributed by atoms with Crippen molar-refractivity contribution in [2.45, 2.75) is 19.4 Å². The Hall–Kier alpha value is -1.13. The van der Waals surface area contributed by atoms with Crippen LogP contribution in [0.4, 0.5) is 0 Å². The summed E-state index contributed by atoms with van der Waals surface area (Å²) in [5.41, 5.74) is 0.395. The maximum Gasteiger partial charge on any atom is 0.272 e. The number of nitrogens with zero attached hydrogens (tertiary/aromatic N) is 2. The molecule has 2 rings (SSSR count). The minimum atomic E-state index is -0.0788. The van der Waals surface area contributed by atoms with Gasteiger partial charge >= 0.3 is 0 Å². The molecular formula is C12H15ClN2O2. The first kappa shape index (κ1) is 12.3. The minimum absolute atomic E-state index is 0.0700. The van der Waals surface area contributed by atoms with E-state index in [1.807, 2.05) is 6.92 Å². The monoisotopic (exact) mass is 254 g/mol. The van der Waals surface area contributed by atoms with E-state index < -0.39 is 0 Å². The van der Waals surface area contributed by atoms with Crippen molar-refractivity contribution >= 4 is 17.5 Å². The van der Waals surface area contributed by atoms with Crippen molar-refractivity contribution in [3.63, 3.8) is 0 Å². The summed E-state index contributed by atoms with van der Waals surface area (Å²) in [4.78, 5) is 18.0. The number of hydrogen-bond acceptors (Lipinski definition) is 3. The minimum Gasteiger partial charge on any atom is -0.377 e. The lowest BCUT2D eigenvalue weighted by atomic mass is 10.2. The first-order chi connectivity index (χ1) is 8.16. The van der Waals surface area contributed by atoms with E-state index in [0.717, 1.165) is 6.42 Å². The normalized spacial score (nSPS) is 21.1. The number of aromatic nitrogens is 1. The first-order valence-corrected chi connectivity index (χ1v) is 6.07. The van der Waals surface area contributed by atoms with Crippen LogP contribution in [-0.4, -0.2) is 41.6 Å². The Morgan fingerprint density at radius 3 is 3.24 bits per heavy atom. The van der Waals surface area contributed by atoms with Gasteiger partial charge in [0.05, 0.1) is 6.10 Å². The number of halogens is 1. The fraction of sp³-hybridized carbons (Fsp3) is 0.500. The molecule has 0 saturated carbocycles. The summed E-state index contributed by atoms with van der Waals surface area (Å²) in [6.07, 6.45) is 2.48. The van der Waals surface area contributed by atoms with E-state index in [0.29, 0.717) is 30.4 Å². The molecule has 0 N–H and O–H groups in total.